The van der Waals surface area contributed by atoms with Crippen molar-refractivity contribution in [3.63, 3.8) is 0 Å². The summed E-state index contributed by atoms with van der Waals surface area (Å²) in [5.74, 6) is -3.08. The number of rotatable bonds is 2. The summed E-state index contributed by atoms with van der Waals surface area (Å²) in [5.41, 5.74) is 0.0336. The Morgan fingerprint density at radius 1 is 1.33 bits per heavy atom. The second-order valence-electron chi connectivity index (χ2n) is 3.34. The van der Waals surface area contributed by atoms with Crippen LogP contribution >= 0.6 is 34.0 Å². The molecule has 6 heteroatoms. The molecule has 15 heavy (non-hydrogen) atoms. The van der Waals surface area contributed by atoms with Crippen molar-refractivity contribution >= 4 is 45.9 Å². The quantitative estimate of drug-likeness (QED) is 0.805. The minimum Gasteiger partial charge on any atom is -0.481 e. The highest BCUT2D eigenvalue weighted by Crippen LogP contribution is 2.30. The first-order valence-electron chi connectivity index (χ1n) is 4.20. The fourth-order valence-electron chi connectivity index (χ4n) is 1.70. The molecule has 0 saturated carbocycles. The summed E-state index contributed by atoms with van der Waals surface area (Å²) in [4.78, 5) is 21.5. The van der Waals surface area contributed by atoms with Crippen LogP contribution in [0.5, 0.6) is 0 Å². The third kappa shape index (κ3) is 3.95. The Morgan fingerprint density at radius 2 is 1.87 bits per heavy atom. The molecule has 0 heterocycles. The molecule has 4 nitrogen and oxygen atoms in total. The van der Waals surface area contributed by atoms with Gasteiger partial charge in [0.25, 0.3) is 0 Å². The highest BCUT2D eigenvalue weighted by atomic mass is 79.9. The van der Waals surface area contributed by atoms with Gasteiger partial charge in [0, 0.05) is 5.57 Å². The number of carboxylic acids is 2. The standard InChI is InChI=1S/C9H12O4.2BrH/c1-5-3-2-4-6(8(10)11)7(5)9(12)13;;/h4-5,7H,2-3H2,1H3,(H,10,11)(H,12,13);2*1H. The zero-order valence-corrected chi connectivity index (χ0v) is 11.6. The average molecular weight is 346 g/mol. The third-order valence-electron chi connectivity index (χ3n) is 2.40. The Morgan fingerprint density at radius 3 is 2.20 bits per heavy atom. The zero-order valence-electron chi connectivity index (χ0n) is 8.17. The van der Waals surface area contributed by atoms with E-state index in [9.17, 15) is 9.59 Å². The van der Waals surface area contributed by atoms with Crippen LogP contribution in [0, 0.1) is 11.8 Å². The van der Waals surface area contributed by atoms with E-state index in [1.54, 1.807) is 6.92 Å². The maximum absolute atomic E-state index is 10.8. The van der Waals surface area contributed by atoms with Crippen LogP contribution in [0.15, 0.2) is 11.6 Å². The SMILES string of the molecule is Br.Br.CC1CCC=C(C(=O)O)C1C(=O)O. The van der Waals surface area contributed by atoms with Gasteiger partial charge in [-0.2, -0.15) is 0 Å². The highest BCUT2D eigenvalue weighted by molar-refractivity contribution is 8.93. The zero-order chi connectivity index (χ0) is 10.0. The molecule has 0 spiro atoms. The van der Waals surface area contributed by atoms with E-state index in [1.165, 1.54) is 6.08 Å². The number of allylic oxidation sites excluding steroid dienone is 1. The normalized spacial score (nSPS) is 24.2. The maximum Gasteiger partial charge on any atom is 0.332 e. The number of carbonyl (C=O) groups is 2. The van der Waals surface area contributed by atoms with Gasteiger partial charge in [0.1, 0.15) is 0 Å². The molecule has 0 fully saturated rings. The summed E-state index contributed by atoms with van der Waals surface area (Å²) >= 11 is 0. The monoisotopic (exact) mass is 344 g/mol. The van der Waals surface area contributed by atoms with Gasteiger partial charge in [-0.3, -0.25) is 4.79 Å². The number of halogens is 2. The molecule has 0 aliphatic heterocycles. The predicted molar refractivity (Wildman–Crippen MR) is 65.9 cm³/mol. The Balaban J connectivity index is 0. The lowest BCUT2D eigenvalue weighted by atomic mass is 9.79. The fourth-order valence-corrected chi connectivity index (χ4v) is 1.70. The van der Waals surface area contributed by atoms with Crippen LogP contribution in [0.3, 0.4) is 0 Å². The first-order chi connectivity index (χ1) is 6.04. The summed E-state index contributed by atoms with van der Waals surface area (Å²) in [7, 11) is 0. The van der Waals surface area contributed by atoms with Crippen molar-refractivity contribution in [2.24, 2.45) is 11.8 Å². The van der Waals surface area contributed by atoms with Crippen LogP contribution in [0.2, 0.25) is 0 Å². The molecule has 0 saturated heterocycles. The molecule has 0 aromatic rings. The minimum atomic E-state index is -1.11. The first-order valence-corrected chi connectivity index (χ1v) is 4.20. The van der Waals surface area contributed by atoms with Gasteiger partial charge in [-0.15, -0.1) is 34.0 Å². The summed E-state index contributed by atoms with van der Waals surface area (Å²) in [6.07, 6.45) is 2.92. The number of hydrogen-bond acceptors (Lipinski definition) is 2. The lowest BCUT2D eigenvalue weighted by Crippen LogP contribution is -2.29. The second kappa shape index (κ2) is 7.00. The van der Waals surface area contributed by atoms with Crippen molar-refractivity contribution in [2.75, 3.05) is 0 Å². The van der Waals surface area contributed by atoms with E-state index in [4.69, 9.17) is 10.2 Å². The summed E-state index contributed by atoms with van der Waals surface area (Å²) in [5, 5.41) is 17.6. The highest BCUT2D eigenvalue weighted by Gasteiger charge is 2.34. The van der Waals surface area contributed by atoms with E-state index in [1.807, 2.05) is 0 Å². The smallest absolute Gasteiger partial charge is 0.332 e. The summed E-state index contributed by atoms with van der Waals surface area (Å²) in [6, 6.07) is 0. The Kier molecular flexibility index (Phi) is 7.96. The molecule has 2 N–H and O–H groups in total. The number of hydrogen-bond donors (Lipinski definition) is 2. The van der Waals surface area contributed by atoms with Gasteiger partial charge in [-0.1, -0.05) is 13.0 Å². The largest absolute Gasteiger partial charge is 0.481 e. The Bertz CT molecular complexity index is 275. The van der Waals surface area contributed by atoms with Crippen LogP contribution in [-0.4, -0.2) is 22.2 Å². The summed E-state index contributed by atoms with van der Waals surface area (Å²) in [6.45, 7) is 1.77. The van der Waals surface area contributed by atoms with Gasteiger partial charge in [0.05, 0.1) is 5.92 Å². The van der Waals surface area contributed by atoms with Crippen molar-refractivity contribution < 1.29 is 19.8 Å². The van der Waals surface area contributed by atoms with Crippen molar-refractivity contribution in [1.82, 2.24) is 0 Å². The fraction of sp³-hybridized carbons (Fsp3) is 0.556. The van der Waals surface area contributed by atoms with E-state index < -0.39 is 17.9 Å². The molecule has 0 bridgehead atoms. The molecule has 2 unspecified atom stereocenters. The number of aliphatic carboxylic acids is 2. The van der Waals surface area contributed by atoms with Crippen LogP contribution in [-0.2, 0) is 9.59 Å². The van der Waals surface area contributed by atoms with Gasteiger partial charge in [0.2, 0.25) is 0 Å². The van der Waals surface area contributed by atoms with Gasteiger partial charge >= 0.3 is 11.9 Å². The minimum absolute atomic E-state index is 0. The van der Waals surface area contributed by atoms with Crippen LogP contribution in [0.1, 0.15) is 19.8 Å². The lowest BCUT2D eigenvalue weighted by molar-refractivity contribution is -0.145. The molecular weight excluding hydrogens is 332 g/mol. The van der Waals surface area contributed by atoms with Crippen molar-refractivity contribution in [3.8, 4) is 0 Å². The number of carboxylic acid groups (broad SMARTS) is 2. The van der Waals surface area contributed by atoms with Crippen molar-refractivity contribution in [1.29, 1.82) is 0 Å². The maximum atomic E-state index is 10.8. The van der Waals surface area contributed by atoms with Crippen molar-refractivity contribution in [3.05, 3.63) is 11.6 Å². The molecule has 0 aromatic carbocycles. The van der Waals surface area contributed by atoms with Crippen LogP contribution < -0.4 is 0 Å². The van der Waals surface area contributed by atoms with Gasteiger partial charge < -0.3 is 10.2 Å². The Hall–Kier alpha value is -0.360. The molecule has 88 valence electrons. The molecule has 1 aliphatic carbocycles. The molecule has 1 rings (SSSR count). The third-order valence-corrected chi connectivity index (χ3v) is 2.40. The van der Waals surface area contributed by atoms with E-state index in [0.29, 0.717) is 6.42 Å². The van der Waals surface area contributed by atoms with Crippen LogP contribution in [0.25, 0.3) is 0 Å². The second-order valence-corrected chi connectivity index (χ2v) is 3.34. The lowest BCUT2D eigenvalue weighted by Gasteiger charge is -2.24. The first kappa shape index (κ1) is 17.0. The Labute approximate surface area is 109 Å². The van der Waals surface area contributed by atoms with Crippen molar-refractivity contribution in [2.45, 2.75) is 19.8 Å². The van der Waals surface area contributed by atoms with Gasteiger partial charge in [-0.25, -0.2) is 4.79 Å². The molecule has 1 aliphatic rings. The molecular formula is C9H14Br2O4. The average Bonchev–Trinajstić information content (AvgIpc) is 2.02. The molecule has 0 aromatic heterocycles. The molecule has 0 amide bonds. The molecule has 2 atom stereocenters. The predicted octanol–water partition coefficient (Wildman–Crippen LogP) is 2.28. The van der Waals surface area contributed by atoms with E-state index in [-0.39, 0.29) is 45.5 Å². The van der Waals surface area contributed by atoms with E-state index >= 15 is 0 Å². The van der Waals surface area contributed by atoms with E-state index in [2.05, 4.69) is 0 Å². The van der Waals surface area contributed by atoms with Crippen LogP contribution in [0.4, 0.5) is 0 Å². The summed E-state index contributed by atoms with van der Waals surface area (Å²) < 4.78 is 0. The van der Waals surface area contributed by atoms with E-state index in [0.717, 1.165) is 6.42 Å². The van der Waals surface area contributed by atoms with Gasteiger partial charge in [0.15, 0.2) is 0 Å². The topological polar surface area (TPSA) is 74.6 Å². The van der Waals surface area contributed by atoms with Gasteiger partial charge in [-0.05, 0) is 18.8 Å². The molecule has 0 radical (unpaired) electrons.